The first-order chi connectivity index (χ1) is 7.68. The van der Waals surface area contributed by atoms with Crippen LogP contribution in [0.25, 0.3) is 0 Å². The van der Waals surface area contributed by atoms with Gasteiger partial charge in [-0.2, -0.15) is 0 Å². The molecule has 2 nitrogen and oxygen atoms in total. The third kappa shape index (κ3) is 23.4. The lowest BCUT2D eigenvalue weighted by Crippen LogP contribution is -1.86. The highest BCUT2D eigenvalue weighted by atomic mass is 16.4. The highest BCUT2D eigenvalue weighted by molar-refractivity contribution is 5.66. The number of carboxylic acids is 1. The monoisotopic (exact) mass is 230 g/mol. The van der Waals surface area contributed by atoms with Gasteiger partial charge in [0.25, 0.3) is 0 Å². The molecule has 0 fully saturated rings. The summed E-state index contributed by atoms with van der Waals surface area (Å²) < 4.78 is 0. The normalized spacial score (nSPS) is 9.44. The number of hydrogen-bond acceptors (Lipinski definition) is 1. The largest absolute Gasteiger partial charge is 0.481 e. The summed E-state index contributed by atoms with van der Waals surface area (Å²) in [6.45, 7) is 6.15. The summed E-state index contributed by atoms with van der Waals surface area (Å²) in [5.74, 6) is -0.745. The van der Waals surface area contributed by atoms with E-state index >= 15 is 0 Å². The fraction of sp³-hybridized carbons (Fsp3) is 0.929. The van der Waals surface area contributed by atoms with Crippen LogP contribution in [0.1, 0.15) is 85.0 Å². The quantitative estimate of drug-likeness (QED) is 0.565. The molecule has 16 heavy (non-hydrogen) atoms. The van der Waals surface area contributed by atoms with Crippen molar-refractivity contribution >= 4 is 5.97 Å². The van der Waals surface area contributed by atoms with E-state index in [-0.39, 0.29) is 6.42 Å². The van der Waals surface area contributed by atoms with Crippen molar-refractivity contribution in [2.75, 3.05) is 0 Å². The highest BCUT2D eigenvalue weighted by Crippen LogP contribution is 2.08. The first-order valence-corrected chi connectivity index (χ1v) is 6.90. The van der Waals surface area contributed by atoms with E-state index in [1.54, 1.807) is 6.92 Å². The third-order valence-corrected chi connectivity index (χ3v) is 2.51. The maximum atomic E-state index is 9.37. The molecular formula is C14H30O2. The maximum Gasteiger partial charge on any atom is 0.303 e. The fourth-order valence-electron chi connectivity index (χ4n) is 1.38. The number of hydrogen-bond donors (Lipinski definition) is 1. The minimum atomic E-state index is -0.745. The summed E-state index contributed by atoms with van der Waals surface area (Å²) >= 11 is 0. The van der Waals surface area contributed by atoms with Gasteiger partial charge in [-0.3, -0.25) is 4.79 Å². The molecule has 0 aromatic heterocycles. The van der Waals surface area contributed by atoms with Crippen molar-refractivity contribution in [3.8, 4) is 0 Å². The van der Waals surface area contributed by atoms with E-state index in [2.05, 4.69) is 13.8 Å². The van der Waals surface area contributed by atoms with Gasteiger partial charge < -0.3 is 5.11 Å². The Kier molecular flexibility index (Phi) is 18.8. The lowest BCUT2D eigenvalue weighted by Gasteiger charge is -1.98. The Hall–Kier alpha value is -0.530. The molecule has 0 saturated heterocycles. The second kappa shape index (κ2) is 16.9. The fourth-order valence-corrected chi connectivity index (χ4v) is 1.38. The molecule has 0 aliphatic carbocycles. The van der Waals surface area contributed by atoms with E-state index < -0.39 is 5.97 Å². The number of carbonyl (C=O) groups is 1. The summed E-state index contributed by atoms with van der Waals surface area (Å²) in [5, 5.41) is 7.72. The Morgan fingerprint density at radius 1 is 0.750 bits per heavy atom. The van der Waals surface area contributed by atoms with Crippen molar-refractivity contribution in [2.24, 2.45) is 0 Å². The lowest BCUT2D eigenvalue weighted by atomic mass is 10.1. The van der Waals surface area contributed by atoms with E-state index in [1.807, 2.05) is 0 Å². The first kappa shape index (κ1) is 17.9. The van der Waals surface area contributed by atoms with E-state index in [0.717, 1.165) is 0 Å². The van der Waals surface area contributed by atoms with Gasteiger partial charge in [-0.25, -0.2) is 0 Å². The Morgan fingerprint density at radius 3 is 1.19 bits per heavy atom. The van der Waals surface area contributed by atoms with Crippen LogP contribution in [0.3, 0.4) is 0 Å². The molecule has 0 atom stereocenters. The van der Waals surface area contributed by atoms with Crippen molar-refractivity contribution in [1.29, 1.82) is 0 Å². The molecule has 0 aliphatic heterocycles. The first-order valence-electron chi connectivity index (χ1n) is 6.90. The van der Waals surface area contributed by atoms with Gasteiger partial charge in [0.2, 0.25) is 0 Å². The zero-order valence-corrected chi connectivity index (χ0v) is 11.4. The van der Waals surface area contributed by atoms with E-state index in [1.165, 1.54) is 57.8 Å². The molecule has 0 heterocycles. The van der Waals surface area contributed by atoms with Crippen LogP contribution in [0, 0.1) is 0 Å². The summed E-state index contributed by atoms with van der Waals surface area (Å²) in [6.07, 6.45) is 13.2. The molecular weight excluding hydrogens is 200 g/mol. The molecule has 0 bridgehead atoms. The smallest absolute Gasteiger partial charge is 0.303 e. The van der Waals surface area contributed by atoms with Gasteiger partial charge in [-0.15, -0.1) is 0 Å². The van der Waals surface area contributed by atoms with Crippen LogP contribution in [0.4, 0.5) is 0 Å². The lowest BCUT2D eigenvalue weighted by molar-refractivity contribution is -0.136. The zero-order valence-electron chi connectivity index (χ0n) is 11.4. The Bertz CT molecular complexity index is 125. The van der Waals surface area contributed by atoms with Gasteiger partial charge >= 0.3 is 5.97 Å². The summed E-state index contributed by atoms with van der Waals surface area (Å²) in [5.41, 5.74) is 0. The summed E-state index contributed by atoms with van der Waals surface area (Å²) in [6, 6.07) is 0. The molecule has 0 aromatic carbocycles. The van der Waals surface area contributed by atoms with E-state index in [4.69, 9.17) is 5.11 Å². The van der Waals surface area contributed by atoms with E-state index in [0.29, 0.717) is 0 Å². The standard InChI is InChI=1S/C11H24.C3H6O2/c1-3-5-7-9-11-10-8-6-4-2;1-2-3(4)5/h3-11H2,1-2H3;2H2,1H3,(H,4,5). The van der Waals surface area contributed by atoms with Crippen molar-refractivity contribution in [3.63, 3.8) is 0 Å². The predicted molar refractivity (Wildman–Crippen MR) is 70.8 cm³/mol. The second-order valence-corrected chi connectivity index (χ2v) is 4.22. The average molecular weight is 230 g/mol. The minimum absolute atomic E-state index is 0.222. The molecule has 0 radical (unpaired) electrons. The summed E-state index contributed by atoms with van der Waals surface area (Å²) in [7, 11) is 0. The predicted octanol–water partition coefficient (Wildman–Crippen LogP) is 5.02. The molecule has 1 N–H and O–H groups in total. The minimum Gasteiger partial charge on any atom is -0.481 e. The highest BCUT2D eigenvalue weighted by Gasteiger charge is 1.89. The van der Waals surface area contributed by atoms with Gasteiger partial charge in [0.15, 0.2) is 0 Å². The second-order valence-electron chi connectivity index (χ2n) is 4.22. The zero-order chi connectivity index (χ0) is 12.6. The van der Waals surface area contributed by atoms with Gasteiger partial charge in [-0.1, -0.05) is 78.6 Å². The Morgan fingerprint density at radius 2 is 1.00 bits per heavy atom. The van der Waals surface area contributed by atoms with Crippen LogP contribution in [0.5, 0.6) is 0 Å². The Labute approximate surface area is 101 Å². The van der Waals surface area contributed by atoms with Crippen molar-refractivity contribution in [3.05, 3.63) is 0 Å². The Balaban J connectivity index is 0. The maximum absolute atomic E-state index is 9.37. The van der Waals surface area contributed by atoms with Crippen LogP contribution in [-0.2, 0) is 4.79 Å². The number of unbranched alkanes of at least 4 members (excludes halogenated alkanes) is 8. The van der Waals surface area contributed by atoms with Crippen molar-refractivity contribution < 1.29 is 9.90 Å². The van der Waals surface area contributed by atoms with Crippen LogP contribution in [0.15, 0.2) is 0 Å². The van der Waals surface area contributed by atoms with E-state index in [9.17, 15) is 4.79 Å². The van der Waals surface area contributed by atoms with Crippen LogP contribution in [-0.4, -0.2) is 11.1 Å². The topological polar surface area (TPSA) is 37.3 Å². The molecule has 0 amide bonds. The number of rotatable bonds is 9. The molecule has 2 heteroatoms. The number of aliphatic carboxylic acids is 1. The molecule has 0 aliphatic rings. The average Bonchev–Trinajstić information content (AvgIpc) is 2.29. The molecule has 0 unspecified atom stereocenters. The van der Waals surface area contributed by atoms with Gasteiger partial charge in [0, 0.05) is 6.42 Å². The summed E-state index contributed by atoms with van der Waals surface area (Å²) in [4.78, 5) is 9.37. The van der Waals surface area contributed by atoms with Crippen LogP contribution < -0.4 is 0 Å². The van der Waals surface area contributed by atoms with Gasteiger partial charge in [0.05, 0.1) is 0 Å². The molecule has 0 aromatic rings. The van der Waals surface area contributed by atoms with Crippen LogP contribution in [0.2, 0.25) is 0 Å². The van der Waals surface area contributed by atoms with Gasteiger partial charge in [0.1, 0.15) is 0 Å². The SMILES string of the molecule is CCC(=O)O.CCCCCCCCCCC. The molecule has 0 rings (SSSR count). The molecule has 98 valence electrons. The third-order valence-electron chi connectivity index (χ3n) is 2.51. The molecule has 0 saturated carbocycles. The molecule has 0 spiro atoms. The van der Waals surface area contributed by atoms with Gasteiger partial charge in [-0.05, 0) is 0 Å². The number of carboxylic acid groups (broad SMARTS) is 1. The van der Waals surface area contributed by atoms with Crippen LogP contribution >= 0.6 is 0 Å². The van der Waals surface area contributed by atoms with Crippen molar-refractivity contribution in [1.82, 2.24) is 0 Å². The van der Waals surface area contributed by atoms with Crippen molar-refractivity contribution in [2.45, 2.75) is 85.0 Å².